The second-order valence-corrected chi connectivity index (χ2v) is 6.14. The number of benzene rings is 2. The van der Waals surface area contributed by atoms with Gasteiger partial charge in [-0.25, -0.2) is 0 Å². The number of nitrogens with one attached hydrogen (secondary N) is 1. The van der Waals surface area contributed by atoms with Gasteiger partial charge in [-0.15, -0.1) is 0 Å². The number of hydrogen-bond donors (Lipinski definition) is 3. The molecule has 2 rings (SSSR count). The molecule has 0 bridgehead atoms. The molecular weight excluding hydrogens is 302 g/mol. The van der Waals surface area contributed by atoms with Gasteiger partial charge in [0.2, 0.25) is 0 Å². The molecule has 0 unspecified atom stereocenters. The number of aliphatic hydroxyl groups is 2. The third-order valence-corrected chi connectivity index (χ3v) is 3.85. The van der Waals surface area contributed by atoms with E-state index in [4.69, 9.17) is 4.74 Å². The van der Waals surface area contributed by atoms with E-state index in [0.29, 0.717) is 13.1 Å². The molecule has 24 heavy (non-hydrogen) atoms. The number of aliphatic hydroxyl groups excluding tert-OH is 2. The Morgan fingerprint density at radius 3 is 2.29 bits per heavy atom. The van der Waals surface area contributed by atoms with Crippen LogP contribution in [0, 0.1) is 6.92 Å². The highest BCUT2D eigenvalue weighted by Crippen LogP contribution is 2.28. The topological polar surface area (TPSA) is 61.7 Å². The lowest BCUT2D eigenvalue weighted by Gasteiger charge is -2.23. The van der Waals surface area contributed by atoms with Crippen LogP contribution in [0.5, 0.6) is 0 Å². The van der Waals surface area contributed by atoms with Gasteiger partial charge in [-0.05, 0) is 30.5 Å². The SMILES string of the molecule is Cc1ccccc1[C@@H](OC[C@@H](O)CNC[C@@H](C)O)c1ccccc1. The summed E-state index contributed by atoms with van der Waals surface area (Å²) < 4.78 is 6.06. The van der Waals surface area contributed by atoms with E-state index < -0.39 is 12.2 Å². The Balaban J connectivity index is 2.04. The van der Waals surface area contributed by atoms with E-state index in [9.17, 15) is 10.2 Å². The zero-order chi connectivity index (χ0) is 17.4. The molecule has 0 amide bonds. The number of aryl methyl sites for hydroxylation is 1. The summed E-state index contributed by atoms with van der Waals surface area (Å²) in [5.41, 5.74) is 3.33. The fourth-order valence-corrected chi connectivity index (χ4v) is 2.60. The maximum Gasteiger partial charge on any atom is 0.108 e. The largest absolute Gasteiger partial charge is 0.392 e. The second kappa shape index (κ2) is 9.55. The summed E-state index contributed by atoms with van der Waals surface area (Å²) in [4.78, 5) is 0. The molecule has 0 saturated heterocycles. The first-order valence-electron chi connectivity index (χ1n) is 8.37. The molecule has 3 N–H and O–H groups in total. The average molecular weight is 329 g/mol. The van der Waals surface area contributed by atoms with Crippen molar-refractivity contribution >= 4 is 0 Å². The van der Waals surface area contributed by atoms with Gasteiger partial charge in [0.05, 0.1) is 18.8 Å². The Morgan fingerprint density at radius 1 is 0.958 bits per heavy atom. The van der Waals surface area contributed by atoms with Crippen LogP contribution in [0.15, 0.2) is 54.6 Å². The minimum atomic E-state index is -0.626. The van der Waals surface area contributed by atoms with E-state index in [2.05, 4.69) is 24.4 Å². The van der Waals surface area contributed by atoms with Crippen LogP contribution in [-0.4, -0.2) is 42.1 Å². The summed E-state index contributed by atoms with van der Waals surface area (Å²) in [5.74, 6) is 0. The van der Waals surface area contributed by atoms with Crippen molar-refractivity contribution in [3.63, 3.8) is 0 Å². The van der Waals surface area contributed by atoms with Crippen LogP contribution in [0.25, 0.3) is 0 Å². The highest BCUT2D eigenvalue weighted by atomic mass is 16.5. The molecule has 0 aromatic heterocycles. The smallest absolute Gasteiger partial charge is 0.108 e. The standard InChI is InChI=1S/C20H27NO3/c1-15-8-6-7-11-19(15)20(17-9-4-3-5-10-17)24-14-18(23)13-21-12-16(2)22/h3-11,16,18,20-23H,12-14H2,1-2H3/t16-,18+,20+/m1/s1. The van der Waals surface area contributed by atoms with Crippen LogP contribution >= 0.6 is 0 Å². The first-order chi connectivity index (χ1) is 11.6. The van der Waals surface area contributed by atoms with Crippen molar-refractivity contribution in [3.05, 3.63) is 71.3 Å². The predicted octanol–water partition coefficient (Wildman–Crippen LogP) is 2.43. The van der Waals surface area contributed by atoms with Crippen LogP contribution in [0.3, 0.4) is 0 Å². The predicted molar refractivity (Wildman–Crippen MR) is 96.0 cm³/mol. The molecule has 0 fully saturated rings. The molecule has 130 valence electrons. The molecule has 2 aromatic rings. The first-order valence-corrected chi connectivity index (χ1v) is 8.37. The molecule has 4 heteroatoms. The summed E-state index contributed by atoms with van der Waals surface area (Å²) >= 11 is 0. The fourth-order valence-electron chi connectivity index (χ4n) is 2.60. The van der Waals surface area contributed by atoms with E-state index in [1.54, 1.807) is 6.92 Å². The van der Waals surface area contributed by atoms with Crippen molar-refractivity contribution < 1.29 is 14.9 Å². The summed E-state index contributed by atoms with van der Waals surface area (Å²) in [6.07, 6.45) is -1.26. The van der Waals surface area contributed by atoms with Gasteiger partial charge in [0.25, 0.3) is 0 Å². The van der Waals surface area contributed by atoms with Crippen LogP contribution in [0.1, 0.15) is 29.7 Å². The van der Waals surface area contributed by atoms with Crippen molar-refractivity contribution in [1.29, 1.82) is 0 Å². The van der Waals surface area contributed by atoms with Crippen LogP contribution < -0.4 is 5.32 Å². The number of ether oxygens (including phenoxy) is 1. The zero-order valence-corrected chi connectivity index (χ0v) is 14.4. The van der Waals surface area contributed by atoms with Gasteiger partial charge in [0.15, 0.2) is 0 Å². The van der Waals surface area contributed by atoms with Gasteiger partial charge in [0.1, 0.15) is 6.10 Å². The monoisotopic (exact) mass is 329 g/mol. The summed E-state index contributed by atoms with van der Waals surface area (Å²) in [7, 11) is 0. The molecule has 0 spiro atoms. The normalized spacial score (nSPS) is 15.0. The van der Waals surface area contributed by atoms with Gasteiger partial charge < -0.3 is 20.3 Å². The highest BCUT2D eigenvalue weighted by molar-refractivity contribution is 5.35. The molecule has 0 saturated carbocycles. The lowest BCUT2D eigenvalue weighted by molar-refractivity contribution is 0.00556. The van der Waals surface area contributed by atoms with E-state index in [0.717, 1.165) is 16.7 Å². The molecule has 0 heterocycles. The minimum Gasteiger partial charge on any atom is -0.392 e. The van der Waals surface area contributed by atoms with Crippen LogP contribution in [0.2, 0.25) is 0 Å². The summed E-state index contributed by atoms with van der Waals surface area (Å²) in [6, 6.07) is 18.2. The Bertz CT molecular complexity index is 601. The molecule has 4 nitrogen and oxygen atoms in total. The molecule has 0 aliphatic carbocycles. The lowest BCUT2D eigenvalue weighted by atomic mass is 9.97. The Labute approximate surface area is 144 Å². The highest BCUT2D eigenvalue weighted by Gasteiger charge is 2.18. The third kappa shape index (κ3) is 5.73. The van der Waals surface area contributed by atoms with Gasteiger partial charge in [-0.2, -0.15) is 0 Å². The van der Waals surface area contributed by atoms with Gasteiger partial charge in [-0.1, -0.05) is 54.6 Å². The van der Waals surface area contributed by atoms with E-state index in [1.807, 2.05) is 42.5 Å². The van der Waals surface area contributed by atoms with Crippen molar-refractivity contribution in [2.24, 2.45) is 0 Å². The molecule has 2 aromatic carbocycles. The fraction of sp³-hybridized carbons (Fsp3) is 0.400. The Hall–Kier alpha value is -1.72. The van der Waals surface area contributed by atoms with Gasteiger partial charge >= 0.3 is 0 Å². The molecule has 0 aliphatic heterocycles. The van der Waals surface area contributed by atoms with Gasteiger partial charge in [-0.3, -0.25) is 0 Å². The summed E-state index contributed by atoms with van der Waals surface area (Å²) in [5, 5.41) is 22.4. The first kappa shape index (κ1) is 18.6. The summed E-state index contributed by atoms with van der Waals surface area (Å²) in [6.45, 7) is 4.84. The third-order valence-electron chi connectivity index (χ3n) is 3.85. The lowest BCUT2D eigenvalue weighted by Crippen LogP contribution is -2.34. The molecule has 0 aliphatic rings. The van der Waals surface area contributed by atoms with Crippen molar-refractivity contribution in [3.8, 4) is 0 Å². The molecule has 0 radical (unpaired) electrons. The molecular formula is C20H27NO3. The second-order valence-electron chi connectivity index (χ2n) is 6.14. The molecule has 3 atom stereocenters. The maximum absolute atomic E-state index is 10.1. The van der Waals surface area contributed by atoms with E-state index in [1.165, 1.54) is 0 Å². The maximum atomic E-state index is 10.1. The average Bonchev–Trinajstić information content (AvgIpc) is 2.57. The zero-order valence-electron chi connectivity index (χ0n) is 14.4. The van der Waals surface area contributed by atoms with Crippen molar-refractivity contribution in [2.45, 2.75) is 32.2 Å². The minimum absolute atomic E-state index is 0.209. The van der Waals surface area contributed by atoms with Crippen molar-refractivity contribution in [1.82, 2.24) is 5.32 Å². The quantitative estimate of drug-likeness (QED) is 0.661. The number of rotatable bonds is 9. The van der Waals surface area contributed by atoms with Crippen LogP contribution in [-0.2, 0) is 4.74 Å². The van der Waals surface area contributed by atoms with Crippen molar-refractivity contribution in [2.75, 3.05) is 19.7 Å². The van der Waals surface area contributed by atoms with Gasteiger partial charge in [0, 0.05) is 13.1 Å². The van der Waals surface area contributed by atoms with E-state index in [-0.39, 0.29) is 12.7 Å². The van der Waals surface area contributed by atoms with Crippen LogP contribution in [0.4, 0.5) is 0 Å². The number of hydrogen-bond acceptors (Lipinski definition) is 4. The van der Waals surface area contributed by atoms with E-state index >= 15 is 0 Å². The Kier molecular flexibility index (Phi) is 7.40. The Morgan fingerprint density at radius 2 is 1.62 bits per heavy atom.